The van der Waals surface area contributed by atoms with Crippen molar-refractivity contribution >= 4 is 11.6 Å². The highest BCUT2D eigenvalue weighted by atomic mass is 35.5. The molecule has 0 fully saturated rings. The summed E-state index contributed by atoms with van der Waals surface area (Å²) in [4.78, 5) is 0. The van der Waals surface area contributed by atoms with Crippen molar-refractivity contribution in [1.82, 2.24) is 5.32 Å². The second-order valence-corrected chi connectivity index (χ2v) is 6.31. The van der Waals surface area contributed by atoms with Crippen LogP contribution in [-0.4, -0.2) is 26.8 Å². The van der Waals surface area contributed by atoms with Crippen molar-refractivity contribution in [3.63, 3.8) is 0 Å². The molecule has 1 rings (SSSR count). The third-order valence-corrected chi connectivity index (χ3v) is 4.30. The summed E-state index contributed by atoms with van der Waals surface area (Å²) in [7, 11) is 1.69. The molecular formula is C16H25ClFNO. The predicted octanol–water partition coefficient (Wildman–Crippen LogP) is 3.92. The number of halogens is 2. The SMILES string of the molecule is COCCNCC(C)(Cc1ccc(Cl)c(F)c1)C(C)C. The molecule has 4 heteroatoms. The smallest absolute Gasteiger partial charge is 0.142 e. The molecule has 1 atom stereocenters. The number of ether oxygens (including phenoxy) is 1. The lowest BCUT2D eigenvalue weighted by atomic mass is 9.74. The summed E-state index contributed by atoms with van der Waals surface area (Å²) in [5, 5.41) is 3.59. The van der Waals surface area contributed by atoms with Crippen LogP contribution in [-0.2, 0) is 11.2 Å². The van der Waals surface area contributed by atoms with Gasteiger partial charge < -0.3 is 10.1 Å². The Labute approximate surface area is 126 Å². The van der Waals surface area contributed by atoms with Gasteiger partial charge >= 0.3 is 0 Å². The molecule has 1 aromatic rings. The Balaban J connectivity index is 2.72. The zero-order valence-electron chi connectivity index (χ0n) is 12.8. The first-order chi connectivity index (χ1) is 9.39. The Morgan fingerprint density at radius 2 is 2.10 bits per heavy atom. The van der Waals surface area contributed by atoms with E-state index in [1.165, 1.54) is 6.07 Å². The minimum atomic E-state index is -0.345. The van der Waals surface area contributed by atoms with Gasteiger partial charge in [-0.2, -0.15) is 0 Å². The van der Waals surface area contributed by atoms with Crippen molar-refractivity contribution in [1.29, 1.82) is 0 Å². The molecule has 0 aliphatic rings. The molecule has 0 saturated heterocycles. The molecule has 0 bridgehead atoms. The van der Waals surface area contributed by atoms with E-state index in [1.807, 2.05) is 6.07 Å². The maximum Gasteiger partial charge on any atom is 0.142 e. The van der Waals surface area contributed by atoms with Gasteiger partial charge in [-0.05, 0) is 35.4 Å². The topological polar surface area (TPSA) is 21.3 Å². The van der Waals surface area contributed by atoms with Crippen LogP contribution in [0.15, 0.2) is 18.2 Å². The molecule has 114 valence electrons. The van der Waals surface area contributed by atoms with Gasteiger partial charge in [0.15, 0.2) is 0 Å². The number of methoxy groups -OCH3 is 1. The van der Waals surface area contributed by atoms with Crippen LogP contribution in [0.5, 0.6) is 0 Å². The molecular weight excluding hydrogens is 277 g/mol. The Morgan fingerprint density at radius 1 is 1.40 bits per heavy atom. The summed E-state index contributed by atoms with van der Waals surface area (Å²) >= 11 is 5.73. The maximum absolute atomic E-state index is 13.5. The molecule has 1 aromatic carbocycles. The molecule has 0 amide bonds. The van der Waals surface area contributed by atoms with Gasteiger partial charge in [-0.15, -0.1) is 0 Å². The third kappa shape index (κ3) is 5.04. The fourth-order valence-electron chi connectivity index (χ4n) is 2.13. The van der Waals surface area contributed by atoms with E-state index >= 15 is 0 Å². The molecule has 0 saturated carbocycles. The van der Waals surface area contributed by atoms with Gasteiger partial charge in [-0.3, -0.25) is 0 Å². The Kier molecular flexibility index (Phi) is 6.93. The van der Waals surface area contributed by atoms with Gasteiger partial charge in [0.1, 0.15) is 5.82 Å². The van der Waals surface area contributed by atoms with E-state index in [4.69, 9.17) is 16.3 Å². The van der Waals surface area contributed by atoms with E-state index in [0.717, 1.165) is 25.1 Å². The van der Waals surface area contributed by atoms with Gasteiger partial charge in [0.05, 0.1) is 11.6 Å². The summed E-state index contributed by atoms with van der Waals surface area (Å²) in [6.07, 6.45) is 0.818. The maximum atomic E-state index is 13.5. The number of hydrogen-bond acceptors (Lipinski definition) is 2. The van der Waals surface area contributed by atoms with Gasteiger partial charge in [0, 0.05) is 20.2 Å². The molecule has 20 heavy (non-hydrogen) atoms. The number of rotatable bonds is 8. The quantitative estimate of drug-likeness (QED) is 0.735. The number of hydrogen-bond donors (Lipinski definition) is 1. The summed E-state index contributed by atoms with van der Waals surface area (Å²) in [5.41, 5.74) is 1.05. The van der Waals surface area contributed by atoms with Gasteiger partial charge in [0.25, 0.3) is 0 Å². The fourth-order valence-corrected chi connectivity index (χ4v) is 2.25. The van der Waals surface area contributed by atoms with Crippen LogP contribution in [0.2, 0.25) is 5.02 Å². The number of benzene rings is 1. The monoisotopic (exact) mass is 301 g/mol. The summed E-state index contributed by atoms with van der Waals surface area (Å²) in [6, 6.07) is 5.07. The lowest BCUT2D eigenvalue weighted by Gasteiger charge is -2.34. The lowest BCUT2D eigenvalue weighted by molar-refractivity contribution is 0.175. The first kappa shape index (κ1) is 17.4. The molecule has 0 spiro atoms. The van der Waals surface area contributed by atoms with Crippen molar-refractivity contribution in [3.05, 3.63) is 34.6 Å². The van der Waals surface area contributed by atoms with Gasteiger partial charge in [-0.25, -0.2) is 4.39 Å². The number of nitrogens with one attached hydrogen (secondary N) is 1. The van der Waals surface area contributed by atoms with E-state index in [9.17, 15) is 4.39 Å². The molecule has 0 aromatic heterocycles. The average molecular weight is 302 g/mol. The summed E-state index contributed by atoms with van der Waals surface area (Å²) in [5.74, 6) is 0.138. The van der Waals surface area contributed by atoms with Crippen LogP contribution in [0.3, 0.4) is 0 Å². The van der Waals surface area contributed by atoms with Crippen molar-refractivity contribution in [3.8, 4) is 0 Å². The third-order valence-electron chi connectivity index (χ3n) is 4.00. The van der Waals surface area contributed by atoms with E-state index < -0.39 is 0 Å². The van der Waals surface area contributed by atoms with E-state index in [-0.39, 0.29) is 16.3 Å². The summed E-state index contributed by atoms with van der Waals surface area (Å²) in [6.45, 7) is 9.02. The average Bonchev–Trinajstić information content (AvgIpc) is 2.39. The van der Waals surface area contributed by atoms with Crippen molar-refractivity contribution in [2.45, 2.75) is 27.2 Å². The minimum Gasteiger partial charge on any atom is -0.383 e. The fraction of sp³-hybridized carbons (Fsp3) is 0.625. The minimum absolute atomic E-state index is 0.0635. The molecule has 1 N–H and O–H groups in total. The van der Waals surface area contributed by atoms with Crippen LogP contribution in [0.25, 0.3) is 0 Å². The van der Waals surface area contributed by atoms with Crippen LogP contribution < -0.4 is 5.32 Å². The van der Waals surface area contributed by atoms with Crippen LogP contribution in [0.4, 0.5) is 4.39 Å². The standard InChI is InChI=1S/C16H25ClFNO/c1-12(2)16(3,11-19-7-8-20-4)10-13-5-6-14(17)15(18)9-13/h5-6,9,12,19H,7-8,10-11H2,1-4H3. The highest BCUT2D eigenvalue weighted by Gasteiger charge is 2.28. The van der Waals surface area contributed by atoms with Crippen molar-refractivity contribution in [2.75, 3.05) is 26.8 Å². The van der Waals surface area contributed by atoms with Crippen LogP contribution in [0.1, 0.15) is 26.3 Å². The first-order valence-corrected chi connectivity index (χ1v) is 7.40. The molecule has 1 unspecified atom stereocenters. The Bertz CT molecular complexity index is 425. The molecule has 0 aliphatic heterocycles. The molecule has 0 heterocycles. The van der Waals surface area contributed by atoms with Gasteiger partial charge in [0.2, 0.25) is 0 Å². The Hall–Kier alpha value is -0.640. The van der Waals surface area contributed by atoms with Gasteiger partial charge in [-0.1, -0.05) is 38.4 Å². The zero-order chi connectivity index (χ0) is 15.2. The normalized spacial score (nSPS) is 14.6. The summed E-state index contributed by atoms with van der Waals surface area (Å²) < 4.78 is 18.6. The first-order valence-electron chi connectivity index (χ1n) is 7.02. The van der Waals surface area contributed by atoms with Crippen LogP contribution in [0, 0.1) is 17.2 Å². The second-order valence-electron chi connectivity index (χ2n) is 5.90. The predicted molar refractivity (Wildman–Crippen MR) is 82.8 cm³/mol. The van der Waals surface area contributed by atoms with E-state index in [0.29, 0.717) is 12.5 Å². The molecule has 2 nitrogen and oxygen atoms in total. The Morgan fingerprint density at radius 3 is 2.65 bits per heavy atom. The highest BCUT2D eigenvalue weighted by molar-refractivity contribution is 6.30. The van der Waals surface area contributed by atoms with E-state index in [1.54, 1.807) is 13.2 Å². The highest BCUT2D eigenvalue weighted by Crippen LogP contribution is 2.31. The largest absolute Gasteiger partial charge is 0.383 e. The molecule has 0 radical (unpaired) electrons. The zero-order valence-corrected chi connectivity index (χ0v) is 13.6. The van der Waals surface area contributed by atoms with Crippen molar-refractivity contribution in [2.24, 2.45) is 11.3 Å². The molecule has 0 aliphatic carbocycles. The van der Waals surface area contributed by atoms with E-state index in [2.05, 4.69) is 26.1 Å². The lowest BCUT2D eigenvalue weighted by Crippen LogP contribution is -2.39. The van der Waals surface area contributed by atoms with Crippen LogP contribution >= 0.6 is 11.6 Å². The second kappa shape index (κ2) is 7.96. The van der Waals surface area contributed by atoms with Crippen molar-refractivity contribution < 1.29 is 9.13 Å².